The van der Waals surface area contributed by atoms with Crippen molar-refractivity contribution < 1.29 is 14.4 Å². The molecule has 34 heavy (non-hydrogen) atoms. The van der Waals surface area contributed by atoms with Gasteiger partial charge in [0.1, 0.15) is 17.8 Å². The van der Waals surface area contributed by atoms with Crippen LogP contribution in [0.15, 0.2) is 76.4 Å². The summed E-state index contributed by atoms with van der Waals surface area (Å²) in [7, 11) is 1.49. The molecule has 2 aromatic heterocycles. The van der Waals surface area contributed by atoms with Gasteiger partial charge in [-0.1, -0.05) is 66.7 Å². The van der Waals surface area contributed by atoms with E-state index in [4.69, 9.17) is 11.1 Å². The number of aromatic nitrogens is 3. The maximum Gasteiger partial charge on any atom is 0.296 e. The van der Waals surface area contributed by atoms with E-state index in [9.17, 15) is 14.7 Å². The Bertz CT molecular complexity index is 1420. The van der Waals surface area contributed by atoms with Gasteiger partial charge in [-0.15, -0.1) is 0 Å². The molecule has 0 radical (unpaired) electrons. The third-order valence-electron chi connectivity index (χ3n) is 5.67. The second kappa shape index (κ2) is 9.42. The van der Waals surface area contributed by atoms with Gasteiger partial charge in [-0.05, 0) is 11.1 Å². The summed E-state index contributed by atoms with van der Waals surface area (Å²) in [5, 5.41) is 16.4. The molecule has 9 nitrogen and oxygen atoms in total. The maximum atomic E-state index is 12.9. The zero-order valence-corrected chi connectivity index (χ0v) is 18.5. The third-order valence-corrected chi connectivity index (χ3v) is 5.67. The van der Waals surface area contributed by atoms with Gasteiger partial charge in [0.05, 0.1) is 12.8 Å². The van der Waals surface area contributed by atoms with Crippen molar-refractivity contribution in [3.63, 3.8) is 0 Å². The van der Waals surface area contributed by atoms with Crippen molar-refractivity contribution >= 4 is 17.3 Å². The van der Waals surface area contributed by atoms with E-state index in [1.807, 2.05) is 49.4 Å². The Labute approximate surface area is 195 Å². The minimum atomic E-state index is -0.773. The van der Waals surface area contributed by atoms with Gasteiger partial charge in [0, 0.05) is 18.9 Å². The van der Waals surface area contributed by atoms with Gasteiger partial charge < -0.3 is 14.9 Å². The van der Waals surface area contributed by atoms with Crippen molar-refractivity contribution in [3.8, 4) is 5.75 Å². The highest BCUT2D eigenvalue weighted by atomic mass is 16.5. The highest BCUT2D eigenvalue weighted by Crippen LogP contribution is 2.41. The molecule has 0 spiro atoms. The fraction of sp³-hybridized carbons (Fsp3) is 0.160. The van der Waals surface area contributed by atoms with Crippen LogP contribution in [0.4, 0.5) is 11.4 Å². The Morgan fingerprint density at radius 3 is 2.56 bits per heavy atom. The molecule has 170 valence electrons. The summed E-state index contributed by atoms with van der Waals surface area (Å²) in [6.45, 7) is 9.50. The lowest BCUT2D eigenvalue weighted by molar-refractivity contribution is 0.101. The average Bonchev–Trinajstić information content (AvgIpc) is 3.36. The minimum Gasteiger partial charge on any atom is -0.501 e. The van der Waals surface area contributed by atoms with E-state index in [0.29, 0.717) is 5.69 Å². The topological polar surface area (TPSA) is 115 Å². The molecule has 1 amide bonds. The number of carbonyl (C=O) groups is 1. The van der Waals surface area contributed by atoms with E-state index in [0.717, 1.165) is 11.1 Å². The number of anilines is 1. The summed E-state index contributed by atoms with van der Waals surface area (Å²) in [6, 6.07) is 16.9. The summed E-state index contributed by atoms with van der Waals surface area (Å²) in [4.78, 5) is 33.7. The quantitative estimate of drug-likeness (QED) is 0.421. The standard InChI is InChI=1S/C25H21N5O4/c1-15(20(16-9-5-4-6-10-16)18-11-7-8-12-19(18)26-2)23-29-21(22(31)25(33)30(23)3)24(32)28-17-13-27-34-14-17/h4-15,20,31H,1,3H3,(H,28,32)/t15-,20-/m1/s1. The van der Waals surface area contributed by atoms with Crippen LogP contribution in [-0.2, 0) is 7.05 Å². The molecule has 2 atom stereocenters. The monoisotopic (exact) mass is 455 g/mol. The van der Waals surface area contributed by atoms with E-state index >= 15 is 0 Å². The van der Waals surface area contributed by atoms with Crippen LogP contribution >= 0.6 is 0 Å². The molecule has 4 aromatic rings. The Morgan fingerprint density at radius 1 is 1.18 bits per heavy atom. The van der Waals surface area contributed by atoms with E-state index < -0.39 is 28.8 Å². The first-order valence-corrected chi connectivity index (χ1v) is 10.4. The first-order valence-electron chi connectivity index (χ1n) is 10.4. The first-order chi connectivity index (χ1) is 16.4. The van der Waals surface area contributed by atoms with Gasteiger partial charge in [-0.25, -0.2) is 9.83 Å². The number of carbonyl (C=O) groups excluding carboxylic acids is 1. The number of nitrogens with one attached hydrogen (secondary N) is 1. The second-order valence-electron chi connectivity index (χ2n) is 7.75. The zero-order chi connectivity index (χ0) is 24.2. The number of hydrogen-bond acceptors (Lipinski definition) is 6. The van der Waals surface area contributed by atoms with Crippen LogP contribution in [-0.4, -0.2) is 25.7 Å². The van der Waals surface area contributed by atoms with Crippen LogP contribution in [0, 0.1) is 6.57 Å². The van der Waals surface area contributed by atoms with Crippen molar-refractivity contribution in [1.29, 1.82) is 0 Å². The van der Waals surface area contributed by atoms with Crippen LogP contribution in [0.1, 0.15) is 46.2 Å². The molecule has 2 aromatic carbocycles. The smallest absolute Gasteiger partial charge is 0.296 e. The van der Waals surface area contributed by atoms with E-state index in [1.54, 1.807) is 12.1 Å². The van der Waals surface area contributed by atoms with Crippen LogP contribution in [0.3, 0.4) is 0 Å². The first kappa shape index (κ1) is 22.5. The van der Waals surface area contributed by atoms with Gasteiger partial charge in [0.2, 0.25) is 5.75 Å². The van der Waals surface area contributed by atoms with Crippen molar-refractivity contribution in [1.82, 2.24) is 14.7 Å². The molecule has 0 saturated carbocycles. The molecule has 4 rings (SSSR count). The highest BCUT2D eigenvalue weighted by molar-refractivity contribution is 6.04. The van der Waals surface area contributed by atoms with Gasteiger partial charge in [-0.3, -0.25) is 14.2 Å². The lowest BCUT2D eigenvalue weighted by Gasteiger charge is -2.27. The molecule has 0 fully saturated rings. The number of amides is 1. The van der Waals surface area contributed by atoms with Gasteiger partial charge >= 0.3 is 0 Å². The molecule has 9 heteroatoms. The molecule has 0 aliphatic rings. The molecular weight excluding hydrogens is 434 g/mol. The highest BCUT2D eigenvalue weighted by Gasteiger charge is 2.30. The predicted molar refractivity (Wildman–Crippen MR) is 125 cm³/mol. The summed E-state index contributed by atoms with van der Waals surface area (Å²) in [5.74, 6) is -2.03. The number of benzene rings is 2. The predicted octanol–water partition coefficient (Wildman–Crippen LogP) is 4.21. The van der Waals surface area contributed by atoms with Crippen LogP contribution < -0.4 is 10.9 Å². The Kier molecular flexibility index (Phi) is 6.23. The van der Waals surface area contributed by atoms with Crippen molar-refractivity contribution in [2.45, 2.75) is 18.8 Å². The van der Waals surface area contributed by atoms with Crippen LogP contribution in [0.25, 0.3) is 4.85 Å². The largest absolute Gasteiger partial charge is 0.501 e. The third kappa shape index (κ3) is 4.17. The summed E-state index contributed by atoms with van der Waals surface area (Å²) in [5.41, 5.74) is 1.28. The minimum absolute atomic E-state index is 0.259. The maximum absolute atomic E-state index is 12.9. The lowest BCUT2D eigenvalue weighted by atomic mass is 9.80. The van der Waals surface area contributed by atoms with Crippen molar-refractivity contribution in [3.05, 3.63) is 111 Å². The number of hydrogen-bond donors (Lipinski definition) is 2. The van der Waals surface area contributed by atoms with Gasteiger partial charge in [0.15, 0.2) is 11.4 Å². The normalized spacial score (nSPS) is 12.5. The molecule has 2 heterocycles. The molecule has 2 N–H and O–H groups in total. The lowest BCUT2D eigenvalue weighted by Crippen LogP contribution is -2.29. The Hall–Kier alpha value is -4.71. The molecule has 0 saturated heterocycles. The van der Waals surface area contributed by atoms with Gasteiger partial charge in [0.25, 0.3) is 11.5 Å². The van der Waals surface area contributed by atoms with Crippen molar-refractivity contribution in [2.75, 3.05) is 5.32 Å². The number of para-hydroxylation sites is 1. The van der Waals surface area contributed by atoms with Gasteiger partial charge in [-0.2, -0.15) is 0 Å². The average molecular weight is 455 g/mol. The number of aromatic hydroxyl groups is 1. The second-order valence-corrected chi connectivity index (χ2v) is 7.75. The zero-order valence-electron chi connectivity index (χ0n) is 18.5. The van der Waals surface area contributed by atoms with E-state index in [-0.39, 0.29) is 17.4 Å². The Balaban J connectivity index is 1.86. The summed E-state index contributed by atoms with van der Waals surface area (Å²) < 4.78 is 5.93. The number of nitrogens with zero attached hydrogens (tertiary/aromatic N) is 4. The Morgan fingerprint density at radius 2 is 1.88 bits per heavy atom. The number of rotatable bonds is 6. The van der Waals surface area contributed by atoms with Crippen LogP contribution in [0.5, 0.6) is 5.75 Å². The molecule has 0 aliphatic heterocycles. The molecule has 0 unspecified atom stereocenters. The fourth-order valence-electron chi connectivity index (χ4n) is 4.03. The van der Waals surface area contributed by atoms with Crippen molar-refractivity contribution in [2.24, 2.45) is 7.05 Å². The summed E-state index contributed by atoms with van der Waals surface area (Å²) >= 11 is 0. The molecule has 0 bridgehead atoms. The van der Waals surface area contributed by atoms with E-state index in [1.165, 1.54) is 24.1 Å². The molecule has 0 aliphatic carbocycles. The van der Waals surface area contributed by atoms with Crippen LogP contribution in [0.2, 0.25) is 0 Å². The molecular formula is C25H21N5O4. The summed E-state index contributed by atoms with van der Waals surface area (Å²) in [6.07, 6.45) is 2.50. The SMILES string of the molecule is [C-]#[N+]c1ccccc1[C@@H](c1ccccc1)[C@@H](C)c1nc(C(=O)Nc2cnoc2)c(O)c(=O)n1C. The van der Waals surface area contributed by atoms with E-state index in [2.05, 4.69) is 20.3 Å². The fourth-order valence-corrected chi connectivity index (χ4v) is 4.03.